The van der Waals surface area contributed by atoms with Crippen molar-refractivity contribution >= 4 is 15.9 Å². The van der Waals surface area contributed by atoms with Gasteiger partial charge in [0, 0.05) is 49.6 Å². The average Bonchev–Trinajstić information content (AvgIpc) is 2.89. The van der Waals surface area contributed by atoms with Gasteiger partial charge in [-0.15, -0.1) is 0 Å². The van der Waals surface area contributed by atoms with Crippen molar-refractivity contribution in [1.29, 1.82) is 5.26 Å². The molecule has 0 bridgehead atoms. The van der Waals surface area contributed by atoms with Gasteiger partial charge in [-0.3, -0.25) is 4.90 Å². The molecular weight excluding hydrogens is 320 g/mol. The molecule has 0 N–H and O–H groups in total. The number of nitriles is 1. The van der Waals surface area contributed by atoms with Crippen molar-refractivity contribution in [2.75, 3.05) is 33.4 Å². The van der Waals surface area contributed by atoms with Crippen molar-refractivity contribution in [3.63, 3.8) is 0 Å². The molecule has 0 aliphatic carbocycles. The van der Waals surface area contributed by atoms with E-state index in [1.54, 1.807) is 7.11 Å². The van der Waals surface area contributed by atoms with Gasteiger partial charge in [0.1, 0.15) is 5.75 Å². The SMILES string of the molecule is COCCN(CCC#N)Cc1cc(Br)cc2c1OCC2. The van der Waals surface area contributed by atoms with Crippen molar-refractivity contribution < 1.29 is 9.47 Å². The Bertz CT molecular complexity index is 499. The van der Waals surface area contributed by atoms with Crippen LogP contribution in [0.4, 0.5) is 0 Å². The molecule has 0 spiro atoms. The first-order valence-corrected chi connectivity index (χ1v) is 7.56. The van der Waals surface area contributed by atoms with E-state index in [1.807, 2.05) is 0 Å². The van der Waals surface area contributed by atoms with E-state index in [0.717, 1.165) is 42.9 Å². The van der Waals surface area contributed by atoms with Crippen LogP contribution in [0.3, 0.4) is 0 Å². The van der Waals surface area contributed by atoms with Crippen molar-refractivity contribution in [3.05, 3.63) is 27.7 Å². The fraction of sp³-hybridized carbons (Fsp3) is 0.533. The van der Waals surface area contributed by atoms with Gasteiger partial charge in [-0.05, 0) is 17.7 Å². The summed E-state index contributed by atoms with van der Waals surface area (Å²) in [5.74, 6) is 1.02. The molecule has 4 nitrogen and oxygen atoms in total. The van der Waals surface area contributed by atoms with Crippen LogP contribution in [0.1, 0.15) is 17.5 Å². The Morgan fingerprint density at radius 3 is 3.05 bits per heavy atom. The summed E-state index contributed by atoms with van der Waals surface area (Å²) in [6.45, 7) is 3.78. The van der Waals surface area contributed by atoms with Gasteiger partial charge in [0.25, 0.3) is 0 Å². The first-order valence-electron chi connectivity index (χ1n) is 6.77. The van der Waals surface area contributed by atoms with Crippen LogP contribution >= 0.6 is 15.9 Å². The van der Waals surface area contributed by atoms with Gasteiger partial charge in [-0.1, -0.05) is 15.9 Å². The number of halogens is 1. The number of methoxy groups -OCH3 is 1. The summed E-state index contributed by atoms with van der Waals surface area (Å²) in [4.78, 5) is 2.23. The van der Waals surface area contributed by atoms with E-state index < -0.39 is 0 Å². The Morgan fingerprint density at radius 1 is 1.45 bits per heavy atom. The minimum atomic E-state index is 0.529. The molecular formula is C15H19BrN2O2. The largest absolute Gasteiger partial charge is 0.493 e. The van der Waals surface area contributed by atoms with Gasteiger partial charge in [-0.2, -0.15) is 5.26 Å². The van der Waals surface area contributed by atoms with Crippen LogP contribution < -0.4 is 4.74 Å². The van der Waals surface area contributed by atoms with Gasteiger partial charge < -0.3 is 9.47 Å². The number of ether oxygens (including phenoxy) is 2. The molecule has 0 unspecified atom stereocenters. The van der Waals surface area contributed by atoms with E-state index in [0.29, 0.717) is 13.0 Å². The number of nitrogens with zero attached hydrogens (tertiary/aromatic N) is 2. The van der Waals surface area contributed by atoms with E-state index in [1.165, 1.54) is 11.1 Å². The van der Waals surface area contributed by atoms with Gasteiger partial charge in [0.05, 0.1) is 19.3 Å². The third-order valence-corrected chi connectivity index (χ3v) is 3.83. The molecule has 1 aromatic carbocycles. The number of benzene rings is 1. The van der Waals surface area contributed by atoms with Crippen molar-refractivity contribution in [2.45, 2.75) is 19.4 Å². The normalized spacial score (nSPS) is 13.1. The first kappa shape index (κ1) is 15.3. The third kappa shape index (κ3) is 3.95. The molecule has 1 aliphatic rings. The summed E-state index contributed by atoms with van der Waals surface area (Å²) >= 11 is 3.56. The van der Waals surface area contributed by atoms with Crippen LogP contribution in [0.2, 0.25) is 0 Å². The summed E-state index contributed by atoms with van der Waals surface area (Å²) in [5.41, 5.74) is 2.45. The smallest absolute Gasteiger partial charge is 0.127 e. The van der Waals surface area contributed by atoms with E-state index >= 15 is 0 Å². The highest BCUT2D eigenvalue weighted by atomic mass is 79.9. The Balaban J connectivity index is 2.11. The van der Waals surface area contributed by atoms with E-state index in [4.69, 9.17) is 14.7 Å². The Morgan fingerprint density at radius 2 is 2.30 bits per heavy atom. The van der Waals surface area contributed by atoms with Crippen molar-refractivity contribution in [1.82, 2.24) is 4.90 Å². The monoisotopic (exact) mass is 338 g/mol. The van der Waals surface area contributed by atoms with Gasteiger partial charge in [-0.25, -0.2) is 0 Å². The predicted octanol–water partition coefficient (Wildman–Crippen LogP) is 2.75. The molecule has 1 aromatic rings. The van der Waals surface area contributed by atoms with E-state index in [2.05, 4.69) is 39.0 Å². The second-order valence-corrected chi connectivity index (χ2v) is 5.74. The molecule has 2 rings (SSSR count). The lowest BCUT2D eigenvalue weighted by Gasteiger charge is -2.22. The van der Waals surface area contributed by atoms with Gasteiger partial charge in [0.2, 0.25) is 0 Å². The highest BCUT2D eigenvalue weighted by Gasteiger charge is 2.19. The molecule has 5 heteroatoms. The van der Waals surface area contributed by atoms with Crippen LogP contribution in [0.15, 0.2) is 16.6 Å². The number of hydrogen-bond donors (Lipinski definition) is 0. The maximum Gasteiger partial charge on any atom is 0.127 e. The molecule has 1 aliphatic heterocycles. The lowest BCUT2D eigenvalue weighted by atomic mass is 10.1. The standard InChI is InChI=1S/C15H19BrN2O2/c1-19-8-6-18(5-2-4-17)11-13-10-14(16)9-12-3-7-20-15(12)13/h9-10H,2-3,5-8,11H2,1H3. The topological polar surface area (TPSA) is 45.5 Å². The number of hydrogen-bond acceptors (Lipinski definition) is 4. The molecule has 108 valence electrons. The fourth-order valence-electron chi connectivity index (χ4n) is 2.40. The Hall–Kier alpha value is -1.09. The summed E-state index contributed by atoms with van der Waals surface area (Å²) in [6, 6.07) is 6.43. The second kappa shape index (κ2) is 7.63. The first-order chi connectivity index (χ1) is 9.74. The van der Waals surface area contributed by atoms with Gasteiger partial charge in [0.15, 0.2) is 0 Å². The highest BCUT2D eigenvalue weighted by Crippen LogP contribution is 2.33. The number of fused-ring (bicyclic) bond motifs is 1. The molecule has 0 aromatic heterocycles. The zero-order valence-electron chi connectivity index (χ0n) is 11.7. The zero-order valence-corrected chi connectivity index (χ0v) is 13.3. The fourth-order valence-corrected chi connectivity index (χ4v) is 2.96. The van der Waals surface area contributed by atoms with Crippen molar-refractivity contribution in [3.8, 4) is 11.8 Å². The van der Waals surface area contributed by atoms with E-state index in [-0.39, 0.29) is 0 Å². The number of rotatable bonds is 7. The minimum absolute atomic E-state index is 0.529. The lowest BCUT2D eigenvalue weighted by molar-refractivity contribution is 0.144. The van der Waals surface area contributed by atoms with Gasteiger partial charge >= 0.3 is 0 Å². The van der Waals surface area contributed by atoms with Crippen LogP contribution in [0, 0.1) is 11.3 Å². The average molecular weight is 339 g/mol. The van der Waals surface area contributed by atoms with Crippen LogP contribution in [-0.4, -0.2) is 38.3 Å². The Labute approximate surface area is 128 Å². The highest BCUT2D eigenvalue weighted by molar-refractivity contribution is 9.10. The van der Waals surface area contributed by atoms with Crippen molar-refractivity contribution in [2.24, 2.45) is 0 Å². The molecule has 0 amide bonds. The maximum absolute atomic E-state index is 8.77. The second-order valence-electron chi connectivity index (χ2n) is 4.83. The molecule has 1 heterocycles. The lowest BCUT2D eigenvalue weighted by Crippen LogP contribution is -2.28. The molecule has 0 radical (unpaired) electrons. The summed E-state index contributed by atoms with van der Waals surface area (Å²) in [5, 5.41) is 8.77. The summed E-state index contributed by atoms with van der Waals surface area (Å²) < 4.78 is 12.0. The van der Waals surface area contributed by atoms with Crippen LogP contribution in [0.5, 0.6) is 5.75 Å². The van der Waals surface area contributed by atoms with E-state index in [9.17, 15) is 0 Å². The maximum atomic E-state index is 8.77. The Kier molecular flexibility index (Phi) is 5.84. The minimum Gasteiger partial charge on any atom is -0.493 e. The molecule has 20 heavy (non-hydrogen) atoms. The molecule has 0 saturated heterocycles. The predicted molar refractivity (Wildman–Crippen MR) is 80.7 cm³/mol. The zero-order chi connectivity index (χ0) is 14.4. The summed E-state index contributed by atoms with van der Waals surface area (Å²) in [6.07, 6.45) is 1.50. The summed E-state index contributed by atoms with van der Waals surface area (Å²) in [7, 11) is 1.70. The van der Waals surface area contributed by atoms with Crippen LogP contribution in [-0.2, 0) is 17.7 Å². The quantitative estimate of drug-likeness (QED) is 0.766. The third-order valence-electron chi connectivity index (χ3n) is 3.37. The molecule has 0 atom stereocenters. The molecule has 0 saturated carbocycles. The van der Waals surface area contributed by atoms with Crippen LogP contribution in [0.25, 0.3) is 0 Å². The molecule has 0 fully saturated rings.